The van der Waals surface area contributed by atoms with Gasteiger partial charge in [-0.15, -0.1) is 11.3 Å². The fourth-order valence-corrected chi connectivity index (χ4v) is 7.88. The second-order valence-corrected chi connectivity index (χ2v) is 12.0. The molecule has 200 valence electrons. The van der Waals surface area contributed by atoms with Crippen LogP contribution in [-0.2, 0) is 0 Å². The number of aromatic nitrogens is 2. The smallest absolute Gasteiger partial charge is 0.161 e. The fraction of sp³-hybridized carbons (Fsp3) is 0. The van der Waals surface area contributed by atoms with Gasteiger partial charge in [0.25, 0.3) is 0 Å². The SMILES string of the molecule is c1ccc(-c2c3ccccc3c(-c3nc(-c4ccccc4)c4c(ccc5ccccc54)n3)c3c2sc2ccccc23)cc1. The lowest BCUT2D eigenvalue weighted by atomic mass is 9.90. The van der Waals surface area contributed by atoms with Gasteiger partial charge in [0.15, 0.2) is 5.82 Å². The van der Waals surface area contributed by atoms with E-state index in [1.165, 1.54) is 47.5 Å². The minimum atomic E-state index is 0.756. The molecule has 0 unspecified atom stereocenters. The van der Waals surface area contributed by atoms with Crippen molar-refractivity contribution < 1.29 is 0 Å². The van der Waals surface area contributed by atoms with Crippen molar-refractivity contribution in [2.75, 3.05) is 0 Å². The first-order chi connectivity index (χ1) is 21.3. The number of rotatable bonds is 3. The molecule has 2 nitrogen and oxygen atoms in total. The van der Waals surface area contributed by atoms with Gasteiger partial charge in [-0.3, -0.25) is 0 Å². The van der Waals surface area contributed by atoms with Gasteiger partial charge in [-0.05, 0) is 39.2 Å². The molecule has 3 heteroatoms. The van der Waals surface area contributed by atoms with Crippen LogP contribution in [0, 0.1) is 0 Å². The van der Waals surface area contributed by atoms with Crippen LogP contribution >= 0.6 is 11.3 Å². The van der Waals surface area contributed by atoms with Crippen molar-refractivity contribution in [1.29, 1.82) is 0 Å². The third-order valence-electron chi connectivity index (χ3n) is 8.46. The Balaban J connectivity index is 1.49. The van der Waals surface area contributed by atoms with Gasteiger partial charge < -0.3 is 0 Å². The van der Waals surface area contributed by atoms with Crippen LogP contribution in [0.1, 0.15) is 0 Å². The van der Waals surface area contributed by atoms with Crippen molar-refractivity contribution in [1.82, 2.24) is 9.97 Å². The second-order valence-electron chi connectivity index (χ2n) is 10.9. The van der Waals surface area contributed by atoms with E-state index in [4.69, 9.17) is 9.97 Å². The van der Waals surface area contributed by atoms with Gasteiger partial charge in [-0.2, -0.15) is 0 Å². The number of hydrogen-bond acceptors (Lipinski definition) is 3. The number of hydrogen-bond donors (Lipinski definition) is 0. The van der Waals surface area contributed by atoms with Crippen molar-refractivity contribution in [3.63, 3.8) is 0 Å². The normalized spacial score (nSPS) is 11.7. The molecule has 7 aromatic carbocycles. The van der Waals surface area contributed by atoms with E-state index < -0.39 is 0 Å². The van der Waals surface area contributed by atoms with Crippen LogP contribution < -0.4 is 0 Å². The summed E-state index contributed by atoms with van der Waals surface area (Å²) < 4.78 is 2.53. The summed E-state index contributed by atoms with van der Waals surface area (Å²) in [5, 5.41) is 8.28. The molecule has 9 rings (SSSR count). The zero-order valence-electron chi connectivity index (χ0n) is 23.2. The molecule has 0 amide bonds. The summed E-state index contributed by atoms with van der Waals surface area (Å²) in [6.45, 7) is 0. The van der Waals surface area contributed by atoms with Crippen LogP contribution in [0.15, 0.2) is 146 Å². The maximum absolute atomic E-state index is 5.47. The van der Waals surface area contributed by atoms with Gasteiger partial charge in [-0.1, -0.05) is 133 Å². The van der Waals surface area contributed by atoms with Crippen molar-refractivity contribution in [2.45, 2.75) is 0 Å². The standard InChI is InChI=1S/C40H24N2S/c1-3-14-26(15-4-1)34-29-19-9-10-20-30(29)37(36-31-21-11-12-22-33(31)43-39(34)36)40-41-32-24-23-25-13-7-8-18-28(25)35(32)38(42-40)27-16-5-2-6-17-27/h1-24H. The first-order valence-electron chi connectivity index (χ1n) is 14.5. The van der Waals surface area contributed by atoms with Crippen molar-refractivity contribution >= 4 is 64.0 Å². The number of benzene rings is 7. The average Bonchev–Trinajstić information content (AvgIpc) is 3.46. The van der Waals surface area contributed by atoms with Gasteiger partial charge in [0.2, 0.25) is 0 Å². The monoisotopic (exact) mass is 564 g/mol. The van der Waals surface area contributed by atoms with Gasteiger partial charge >= 0.3 is 0 Å². The highest BCUT2D eigenvalue weighted by Crippen LogP contribution is 2.49. The summed E-state index contributed by atoms with van der Waals surface area (Å²) in [5.41, 5.74) is 6.58. The summed E-state index contributed by atoms with van der Waals surface area (Å²) >= 11 is 1.86. The third-order valence-corrected chi connectivity index (χ3v) is 9.65. The molecular weight excluding hydrogens is 541 g/mol. The molecule has 0 saturated heterocycles. The molecule has 43 heavy (non-hydrogen) atoms. The Morgan fingerprint density at radius 3 is 1.79 bits per heavy atom. The van der Waals surface area contributed by atoms with Crippen LogP contribution in [0.5, 0.6) is 0 Å². The highest BCUT2D eigenvalue weighted by atomic mass is 32.1. The Bertz CT molecular complexity index is 2500. The molecule has 0 aliphatic carbocycles. The molecule has 2 heterocycles. The van der Waals surface area contributed by atoms with Crippen LogP contribution in [0.3, 0.4) is 0 Å². The molecule has 0 bridgehead atoms. The van der Waals surface area contributed by atoms with Gasteiger partial charge in [-0.25, -0.2) is 9.97 Å². The Morgan fingerprint density at radius 2 is 1.02 bits per heavy atom. The maximum atomic E-state index is 5.47. The molecule has 0 spiro atoms. The van der Waals surface area contributed by atoms with Crippen molar-refractivity contribution in [2.24, 2.45) is 0 Å². The summed E-state index contributed by atoms with van der Waals surface area (Å²) in [7, 11) is 0. The van der Waals surface area contributed by atoms with E-state index in [2.05, 4.69) is 146 Å². The summed E-state index contributed by atoms with van der Waals surface area (Å²) in [5.74, 6) is 0.756. The third kappa shape index (κ3) is 3.72. The summed E-state index contributed by atoms with van der Waals surface area (Å²) in [4.78, 5) is 10.8. The van der Waals surface area contributed by atoms with Crippen molar-refractivity contribution in [3.05, 3.63) is 146 Å². The van der Waals surface area contributed by atoms with Crippen LogP contribution in [0.25, 0.3) is 86.4 Å². The molecule has 2 aromatic heterocycles. The Hall–Kier alpha value is -5.38. The average molecular weight is 565 g/mol. The van der Waals surface area contributed by atoms with Gasteiger partial charge in [0, 0.05) is 42.2 Å². The lowest BCUT2D eigenvalue weighted by molar-refractivity contribution is 1.24. The summed E-state index contributed by atoms with van der Waals surface area (Å²) in [6.07, 6.45) is 0. The minimum Gasteiger partial charge on any atom is -0.228 e. The second kappa shape index (κ2) is 9.59. The van der Waals surface area contributed by atoms with E-state index in [0.29, 0.717) is 0 Å². The number of nitrogens with zero attached hydrogens (tertiary/aromatic N) is 2. The van der Waals surface area contributed by atoms with Crippen LogP contribution in [0.4, 0.5) is 0 Å². The van der Waals surface area contributed by atoms with E-state index in [1.54, 1.807) is 0 Å². The number of fused-ring (bicyclic) bond motifs is 7. The lowest BCUT2D eigenvalue weighted by Gasteiger charge is -2.16. The first kappa shape index (κ1) is 24.2. The molecule has 9 aromatic rings. The lowest BCUT2D eigenvalue weighted by Crippen LogP contribution is -1.98. The first-order valence-corrected chi connectivity index (χ1v) is 15.3. The minimum absolute atomic E-state index is 0.756. The van der Waals surface area contributed by atoms with Gasteiger partial charge in [0.05, 0.1) is 11.2 Å². The number of thiophene rings is 1. The Labute approximate surface area is 252 Å². The molecule has 0 N–H and O–H groups in total. The zero-order valence-corrected chi connectivity index (χ0v) is 24.0. The Morgan fingerprint density at radius 1 is 0.419 bits per heavy atom. The molecule has 0 atom stereocenters. The highest BCUT2D eigenvalue weighted by Gasteiger charge is 2.23. The highest BCUT2D eigenvalue weighted by molar-refractivity contribution is 7.26. The molecule has 0 aliphatic heterocycles. The molecule has 0 aliphatic rings. The molecule has 0 radical (unpaired) electrons. The van der Waals surface area contributed by atoms with Gasteiger partial charge in [0.1, 0.15) is 0 Å². The largest absolute Gasteiger partial charge is 0.228 e. The summed E-state index contributed by atoms with van der Waals surface area (Å²) in [6, 6.07) is 51.7. The van der Waals surface area contributed by atoms with Crippen LogP contribution in [0.2, 0.25) is 0 Å². The van der Waals surface area contributed by atoms with Crippen LogP contribution in [-0.4, -0.2) is 9.97 Å². The fourth-order valence-electron chi connectivity index (χ4n) is 6.59. The molecule has 0 fully saturated rings. The molecular formula is C40H24N2S. The molecule has 0 saturated carbocycles. The van der Waals surface area contributed by atoms with Crippen molar-refractivity contribution in [3.8, 4) is 33.8 Å². The van der Waals surface area contributed by atoms with E-state index in [9.17, 15) is 0 Å². The van der Waals surface area contributed by atoms with E-state index in [-0.39, 0.29) is 0 Å². The predicted molar refractivity (Wildman–Crippen MR) is 184 cm³/mol. The maximum Gasteiger partial charge on any atom is 0.161 e. The Kier molecular flexibility index (Phi) is 5.40. The topological polar surface area (TPSA) is 25.8 Å². The van der Waals surface area contributed by atoms with E-state index in [0.717, 1.165) is 38.9 Å². The quantitative estimate of drug-likeness (QED) is 0.199. The van der Waals surface area contributed by atoms with E-state index in [1.807, 2.05) is 11.3 Å². The predicted octanol–water partition coefficient (Wildman–Crippen LogP) is 11.3. The van der Waals surface area contributed by atoms with E-state index >= 15 is 0 Å². The zero-order chi connectivity index (χ0) is 28.3.